The van der Waals surface area contributed by atoms with E-state index in [0.717, 1.165) is 50.1 Å². The van der Waals surface area contributed by atoms with Gasteiger partial charge in [0.2, 0.25) is 11.8 Å². The fraction of sp³-hybridized carbons (Fsp3) is 0.600. The van der Waals surface area contributed by atoms with Crippen molar-refractivity contribution in [2.75, 3.05) is 20.2 Å². The number of carbonyl (C=O) groups excluding carboxylic acids is 2. The van der Waals surface area contributed by atoms with Crippen molar-refractivity contribution < 1.29 is 14.3 Å². The highest BCUT2D eigenvalue weighted by Gasteiger charge is 2.27. The Morgan fingerprint density at radius 1 is 1.20 bits per heavy atom. The Morgan fingerprint density at radius 3 is 2.44 bits per heavy atom. The first-order chi connectivity index (χ1) is 12.1. The summed E-state index contributed by atoms with van der Waals surface area (Å²) in [6.45, 7) is 5.59. The minimum Gasteiger partial charge on any atom is -0.496 e. The molecule has 2 rings (SSSR count). The second-order valence-corrected chi connectivity index (χ2v) is 6.67. The number of nitrogens with one attached hydrogen (secondary N) is 1. The summed E-state index contributed by atoms with van der Waals surface area (Å²) in [5.41, 5.74) is 0.892. The number of carbonyl (C=O) groups is 2. The minimum absolute atomic E-state index is 0.00858. The number of amides is 2. The van der Waals surface area contributed by atoms with Gasteiger partial charge in [-0.05, 0) is 31.7 Å². The van der Waals surface area contributed by atoms with Crippen molar-refractivity contribution in [3.8, 4) is 5.75 Å². The van der Waals surface area contributed by atoms with E-state index in [9.17, 15) is 9.59 Å². The molecule has 25 heavy (non-hydrogen) atoms. The highest BCUT2D eigenvalue weighted by Crippen LogP contribution is 2.19. The number of para-hydroxylation sites is 1. The predicted octanol–water partition coefficient (Wildman–Crippen LogP) is 2.78. The second-order valence-electron chi connectivity index (χ2n) is 6.67. The first kappa shape index (κ1) is 19.3. The minimum atomic E-state index is 0.00858. The number of likely N-dealkylation sites (tertiary alicyclic amines) is 1. The zero-order chi connectivity index (χ0) is 18.2. The van der Waals surface area contributed by atoms with Gasteiger partial charge < -0.3 is 15.0 Å². The topological polar surface area (TPSA) is 58.6 Å². The van der Waals surface area contributed by atoms with Gasteiger partial charge in [0.15, 0.2) is 0 Å². The van der Waals surface area contributed by atoms with Gasteiger partial charge in [0.25, 0.3) is 0 Å². The third-order valence-electron chi connectivity index (χ3n) is 5.05. The van der Waals surface area contributed by atoms with Crippen LogP contribution in [-0.4, -0.2) is 43.0 Å². The first-order valence-electron chi connectivity index (χ1n) is 9.29. The van der Waals surface area contributed by atoms with E-state index in [1.165, 1.54) is 0 Å². The lowest BCUT2D eigenvalue weighted by Crippen LogP contribution is -2.48. The normalized spacial score (nSPS) is 15.3. The van der Waals surface area contributed by atoms with Crippen LogP contribution in [0.4, 0.5) is 0 Å². The van der Waals surface area contributed by atoms with E-state index in [-0.39, 0.29) is 23.8 Å². The van der Waals surface area contributed by atoms with Crippen molar-refractivity contribution in [2.45, 2.75) is 52.0 Å². The molecule has 1 aromatic rings. The van der Waals surface area contributed by atoms with E-state index in [2.05, 4.69) is 19.2 Å². The van der Waals surface area contributed by atoms with Crippen LogP contribution in [0.5, 0.6) is 5.75 Å². The largest absolute Gasteiger partial charge is 0.496 e. The molecule has 5 heteroatoms. The van der Waals surface area contributed by atoms with Crippen molar-refractivity contribution >= 4 is 11.8 Å². The molecular weight excluding hydrogens is 316 g/mol. The van der Waals surface area contributed by atoms with Gasteiger partial charge in [-0.15, -0.1) is 0 Å². The molecule has 1 N–H and O–H groups in total. The van der Waals surface area contributed by atoms with Crippen molar-refractivity contribution in [2.24, 2.45) is 5.92 Å². The fourth-order valence-electron chi connectivity index (χ4n) is 3.44. The number of rotatable bonds is 7. The van der Waals surface area contributed by atoms with Gasteiger partial charge in [0, 0.05) is 30.6 Å². The summed E-state index contributed by atoms with van der Waals surface area (Å²) in [6, 6.07) is 7.73. The van der Waals surface area contributed by atoms with E-state index in [1.807, 2.05) is 29.2 Å². The van der Waals surface area contributed by atoms with Crippen LogP contribution >= 0.6 is 0 Å². The number of hydrogen-bond donors (Lipinski definition) is 1. The molecule has 1 aliphatic heterocycles. The Morgan fingerprint density at radius 2 is 1.84 bits per heavy atom. The van der Waals surface area contributed by atoms with Gasteiger partial charge >= 0.3 is 0 Å². The number of methoxy groups -OCH3 is 1. The molecule has 0 unspecified atom stereocenters. The molecule has 0 aromatic heterocycles. The molecular formula is C20H30N2O3. The van der Waals surface area contributed by atoms with Gasteiger partial charge in [-0.2, -0.15) is 0 Å². The maximum Gasteiger partial charge on any atom is 0.225 e. The smallest absolute Gasteiger partial charge is 0.225 e. The highest BCUT2D eigenvalue weighted by molar-refractivity contribution is 5.80. The molecule has 1 fully saturated rings. The molecule has 0 saturated carbocycles. The zero-order valence-corrected chi connectivity index (χ0v) is 15.6. The molecule has 0 radical (unpaired) electrons. The average Bonchev–Trinajstić information content (AvgIpc) is 2.63. The van der Waals surface area contributed by atoms with Crippen LogP contribution < -0.4 is 10.1 Å². The molecule has 138 valence electrons. The average molecular weight is 346 g/mol. The number of ether oxygens (including phenoxy) is 1. The molecule has 1 heterocycles. The van der Waals surface area contributed by atoms with Gasteiger partial charge in [-0.25, -0.2) is 0 Å². The summed E-state index contributed by atoms with van der Waals surface area (Å²) >= 11 is 0. The second kappa shape index (κ2) is 9.44. The lowest BCUT2D eigenvalue weighted by atomic mass is 9.98. The summed E-state index contributed by atoms with van der Waals surface area (Å²) < 4.78 is 5.30. The van der Waals surface area contributed by atoms with E-state index in [0.29, 0.717) is 6.42 Å². The quantitative estimate of drug-likeness (QED) is 0.826. The van der Waals surface area contributed by atoms with Gasteiger partial charge in [0.05, 0.1) is 13.5 Å². The summed E-state index contributed by atoms with van der Waals surface area (Å²) in [4.78, 5) is 26.7. The molecule has 5 nitrogen and oxygen atoms in total. The summed E-state index contributed by atoms with van der Waals surface area (Å²) in [6.07, 6.45) is 3.75. The van der Waals surface area contributed by atoms with E-state index >= 15 is 0 Å². The van der Waals surface area contributed by atoms with Crippen LogP contribution in [0.3, 0.4) is 0 Å². The summed E-state index contributed by atoms with van der Waals surface area (Å²) in [7, 11) is 1.61. The summed E-state index contributed by atoms with van der Waals surface area (Å²) in [5, 5.41) is 3.10. The highest BCUT2D eigenvalue weighted by atomic mass is 16.5. The standard InChI is InChI=1S/C20H30N2O3/c1-4-15(5-2)20(24)22-12-10-17(11-13-22)21-19(23)14-16-8-6-7-9-18(16)25-3/h6-9,15,17H,4-5,10-14H2,1-3H3,(H,21,23). The van der Waals surface area contributed by atoms with Crippen LogP contribution in [0.2, 0.25) is 0 Å². The lowest BCUT2D eigenvalue weighted by molar-refractivity contribution is -0.137. The molecule has 0 aliphatic carbocycles. The molecule has 0 bridgehead atoms. The van der Waals surface area contributed by atoms with E-state index < -0.39 is 0 Å². The molecule has 2 amide bonds. The molecule has 1 saturated heterocycles. The van der Waals surface area contributed by atoms with Crippen LogP contribution in [0.1, 0.15) is 45.1 Å². The first-order valence-corrected chi connectivity index (χ1v) is 9.29. The van der Waals surface area contributed by atoms with Crippen LogP contribution in [-0.2, 0) is 16.0 Å². The lowest BCUT2D eigenvalue weighted by Gasteiger charge is -2.34. The number of benzene rings is 1. The number of hydrogen-bond acceptors (Lipinski definition) is 3. The monoisotopic (exact) mass is 346 g/mol. The van der Waals surface area contributed by atoms with E-state index in [4.69, 9.17) is 4.74 Å². The third-order valence-corrected chi connectivity index (χ3v) is 5.05. The van der Waals surface area contributed by atoms with Gasteiger partial charge in [-0.1, -0.05) is 32.0 Å². The molecule has 0 spiro atoms. The van der Waals surface area contributed by atoms with Gasteiger partial charge in [0.1, 0.15) is 5.75 Å². The maximum absolute atomic E-state index is 12.4. The van der Waals surface area contributed by atoms with Crippen molar-refractivity contribution in [3.63, 3.8) is 0 Å². The number of piperidine rings is 1. The Bertz CT molecular complexity index is 576. The van der Waals surface area contributed by atoms with Crippen LogP contribution in [0, 0.1) is 5.92 Å². The van der Waals surface area contributed by atoms with E-state index in [1.54, 1.807) is 7.11 Å². The third kappa shape index (κ3) is 5.21. The fourth-order valence-corrected chi connectivity index (χ4v) is 3.44. The molecule has 1 aliphatic rings. The van der Waals surface area contributed by atoms with Crippen LogP contribution in [0.25, 0.3) is 0 Å². The molecule has 1 aromatic carbocycles. The molecule has 0 atom stereocenters. The Labute approximate surface area is 150 Å². The van der Waals surface area contributed by atoms with Crippen LogP contribution in [0.15, 0.2) is 24.3 Å². The SMILES string of the molecule is CCC(CC)C(=O)N1CCC(NC(=O)Cc2ccccc2OC)CC1. The predicted molar refractivity (Wildman–Crippen MR) is 98.5 cm³/mol. The van der Waals surface area contributed by atoms with Crippen molar-refractivity contribution in [1.29, 1.82) is 0 Å². The summed E-state index contributed by atoms with van der Waals surface area (Å²) in [5.74, 6) is 1.15. The number of nitrogens with zero attached hydrogens (tertiary/aromatic N) is 1. The van der Waals surface area contributed by atoms with Crippen molar-refractivity contribution in [1.82, 2.24) is 10.2 Å². The Hall–Kier alpha value is -2.04. The zero-order valence-electron chi connectivity index (χ0n) is 15.6. The maximum atomic E-state index is 12.4. The van der Waals surface area contributed by atoms with Crippen molar-refractivity contribution in [3.05, 3.63) is 29.8 Å². The Balaban J connectivity index is 1.81. The Kier molecular flexibility index (Phi) is 7.29. The van der Waals surface area contributed by atoms with Gasteiger partial charge in [-0.3, -0.25) is 9.59 Å².